The molecule has 1 aliphatic rings. The van der Waals surface area contributed by atoms with E-state index in [1.807, 2.05) is 6.92 Å². The predicted octanol–water partition coefficient (Wildman–Crippen LogP) is 3.31. The predicted molar refractivity (Wildman–Crippen MR) is 81.0 cm³/mol. The second kappa shape index (κ2) is 7.87. The highest BCUT2D eigenvalue weighted by atomic mass is 15.2. The Morgan fingerprint density at radius 3 is 2.74 bits per heavy atom. The molecule has 2 unspecified atom stereocenters. The minimum atomic E-state index is -0.369. The van der Waals surface area contributed by atoms with Crippen LogP contribution in [0.5, 0.6) is 0 Å². The fourth-order valence-corrected chi connectivity index (χ4v) is 3.25. The summed E-state index contributed by atoms with van der Waals surface area (Å²) in [5.41, 5.74) is -0.369. The number of nitrogens with one attached hydrogen (secondary N) is 1. The van der Waals surface area contributed by atoms with E-state index in [0.29, 0.717) is 6.04 Å². The van der Waals surface area contributed by atoms with Crippen LogP contribution in [0, 0.1) is 11.3 Å². The van der Waals surface area contributed by atoms with E-state index in [4.69, 9.17) is 0 Å². The van der Waals surface area contributed by atoms with Crippen LogP contribution in [0.2, 0.25) is 0 Å². The zero-order valence-corrected chi connectivity index (χ0v) is 13.2. The molecule has 2 atom stereocenters. The maximum absolute atomic E-state index is 9.34. The summed E-state index contributed by atoms with van der Waals surface area (Å²) < 4.78 is 0. The molecule has 1 saturated heterocycles. The van der Waals surface area contributed by atoms with Gasteiger partial charge in [0.1, 0.15) is 5.54 Å². The van der Waals surface area contributed by atoms with Crippen LogP contribution in [-0.4, -0.2) is 35.6 Å². The van der Waals surface area contributed by atoms with Crippen LogP contribution < -0.4 is 5.32 Å². The molecule has 0 aliphatic carbocycles. The Balaban J connectivity index is 2.37. The number of hydrogen-bond acceptors (Lipinski definition) is 3. The van der Waals surface area contributed by atoms with Gasteiger partial charge in [-0.15, -0.1) is 0 Å². The van der Waals surface area contributed by atoms with Gasteiger partial charge in [-0.25, -0.2) is 0 Å². The van der Waals surface area contributed by atoms with Crippen molar-refractivity contribution in [3.05, 3.63) is 0 Å². The van der Waals surface area contributed by atoms with Crippen molar-refractivity contribution in [3.63, 3.8) is 0 Å². The first-order chi connectivity index (χ1) is 9.00. The number of likely N-dealkylation sites (tertiary alicyclic amines) is 1. The van der Waals surface area contributed by atoms with Gasteiger partial charge in [-0.3, -0.25) is 5.32 Å². The molecular formula is C16H31N3. The third kappa shape index (κ3) is 5.50. The first kappa shape index (κ1) is 16.5. The molecule has 0 aromatic heterocycles. The summed E-state index contributed by atoms with van der Waals surface area (Å²) in [5, 5.41) is 12.7. The van der Waals surface area contributed by atoms with Crippen LogP contribution in [-0.2, 0) is 0 Å². The van der Waals surface area contributed by atoms with Gasteiger partial charge in [-0.1, -0.05) is 13.3 Å². The molecule has 19 heavy (non-hydrogen) atoms. The first-order valence-electron chi connectivity index (χ1n) is 7.93. The van der Waals surface area contributed by atoms with E-state index in [1.165, 1.54) is 32.2 Å². The third-order valence-corrected chi connectivity index (χ3v) is 4.20. The molecule has 1 N–H and O–H groups in total. The molecule has 3 nitrogen and oxygen atoms in total. The Hall–Kier alpha value is -0.590. The minimum Gasteiger partial charge on any atom is -0.300 e. The van der Waals surface area contributed by atoms with Gasteiger partial charge in [0, 0.05) is 12.1 Å². The fraction of sp³-hybridized carbons (Fsp3) is 0.938. The summed E-state index contributed by atoms with van der Waals surface area (Å²) in [4.78, 5) is 2.64. The van der Waals surface area contributed by atoms with Crippen LogP contribution in [0.4, 0.5) is 0 Å². The van der Waals surface area contributed by atoms with Crippen LogP contribution in [0.15, 0.2) is 0 Å². The maximum Gasteiger partial charge on any atom is 0.104 e. The van der Waals surface area contributed by atoms with E-state index in [2.05, 4.69) is 37.1 Å². The van der Waals surface area contributed by atoms with E-state index < -0.39 is 0 Å². The average molecular weight is 265 g/mol. The van der Waals surface area contributed by atoms with Gasteiger partial charge in [-0.05, 0) is 66.0 Å². The number of nitrogens with zero attached hydrogens (tertiary/aromatic N) is 2. The summed E-state index contributed by atoms with van der Waals surface area (Å²) in [6.07, 6.45) is 7.40. The highest BCUT2D eigenvalue weighted by molar-refractivity contribution is 5.04. The van der Waals surface area contributed by atoms with E-state index in [0.717, 1.165) is 25.4 Å². The molecule has 0 spiro atoms. The molecule has 3 heteroatoms. The Bertz CT molecular complexity index is 295. The van der Waals surface area contributed by atoms with Gasteiger partial charge in [-0.2, -0.15) is 5.26 Å². The summed E-state index contributed by atoms with van der Waals surface area (Å²) in [6.45, 7) is 10.9. The van der Waals surface area contributed by atoms with Gasteiger partial charge >= 0.3 is 0 Å². The normalized spacial score (nSPS) is 24.1. The molecule has 110 valence electrons. The fourth-order valence-electron chi connectivity index (χ4n) is 3.25. The number of nitriles is 1. The largest absolute Gasteiger partial charge is 0.300 e. The molecular weight excluding hydrogens is 234 g/mol. The van der Waals surface area contributed by atoms with Crippen LogP contribution in [0.3, 0.4) is 0 Å². The highest BCUT2D eigenvalue weighted by Crippen LogP contribution is 2.21. The topological polar surface area (TPSA) is 39.1 Å². The molecule has 0 aromatic carbocycles. The molecule has 1 fully saturated rings. The van der Waals surface area contributed by atoms with Crippen molar-refractivity contribution in [2.45, 2.75) is 83.8 Å². The van der Waals surface area contributed by atoms with Crippen molar-refractivity contribution in [2.24, 2.45) is 0 Å². The average Bonchev–Trinajstić information content (AvgIpc) is 2.38. The molecule has 1 rings (SSSR count). The Morgan fingerprint density at radius 1 is 1.42 bits per heavy atom. The summed E-state index contributed by atoms with van der Waals surface area (Å²) in [7, 11) is 0. The summed E-state index contributed by atoms with van der Waals surface area (Å²) in [6, 6.07) is 3.58. The van der Waals surface area contributed by atoms with Gasteiger partial charge in [0.25, 0.3) is 0 Å². The Morgan fingerprint density at radius 2 is 2.16 bits per heavy atom. The van der Waals surface area contributed by atoms with Gasteiger partial charge < -0.3 is 4.90 Å². The molecule has 0 bridgehead atoms. The molecule has 0 radical (unpaired) electrons. The summed E-state index contributed by atoms with van der Waals surface area (Å²) >= 11 is 0. The number of rotatable bonds is 7. The molecule has 0 amide bonds. The maximum atomic E-state index is 9.34. The van der Waals surface area contributed by atoms with E-state index in [-0.39, 0.29) is 5.54 Å². The van der Waals surface area contributed by atoms with E-state index in [1.54, 1.807) is 0 Å². The molecule has 0 aromatic rings. The summed E-state index contributed by atoms with van der Waals surface area (Å²) in [5.74, 6) is 0. The minimum absolute atomic E-state index is 0.364. The SMILES string of the molecule is CCC1CCCCN1CCCC(C)(C#N)NC(C)C. The van der Waals surface area contributed by atoms with Gasteiger partial charge in [0.05, 0.1) is 6.07 Å². The van der Waals surface area contributed by atoms with E-state index >= 15 is 0 Å². The first-order valence-corrected chi connectivity index (χ1v) is 7.93. The van der Waals surface area contributed by atoms with Crippen molar-refractivity contribution in [1.82, 2.24) is 10.2 Å². The lowest BCUT2D eigenvalue weighted by Crippen LogP contribution is -2.46. The second-order valence-corrected chi connectivity index (χ2v) is 6.44. The standard InChI is InChI=1S/C16H31N3/c1-5-15-9-6-7-11-19(15)12-8-10-16(4,13-17)18-14(2)3/h14-15,18H,5-12H2,1-4H3. The van der Waals surface area contributed by atoms with Gasteiger partial charge in [0.15, 0.2) is 0 Å². The second-order valence-electron chi connectivity index (χ2n) is 6.44. The van der Waals surface area contributed by atoms with Crippen LogP contribution in [0.1, 0.15) is 66.2 Å². The van der Waals surface area contributed by atoms with Crippen molar-refractivity contribution < 1.29 is 0 Å². The molecule has 1 aliphatic heterocycles. The van der Waals surface area contributed by atoms with E-state index in [9.17, 15) is 5.26 Å². The highest BCUT2D eigenvalue weighted by Gasteiger charge is 2.25. The lowest BCUT2D eigenvalue weighted by atomic mass is 9.95. The quantitative estimate of drug-likeness (QED) is 0.767. The zero-order chi connectivity index (χ0) is 14.3. The molecule has 1 heterocycles. The number of hydrogen-bond donors (Lipinski definition) is 1. The van der Waals surface area contributed by atoms with Gasteiger partial charge in [0.2, 0.25) is 0 Å². The zero-order valence-electron chi connectivity index (χ0n) is 13.2. The lowest BCUT2D eigenvalue weighted by Gasteiger charge is -2.36. The van der Waals surface area contributed by atoms with Crippen molar-refractivity contribution in [1.29, 1.82) is 5.26 Å². The molecule has 0 saturated carbocycles. The lowest BCUT2D eigenvalue weighted by molar-refractivity contribution is 0.138. The smallest absolute Gasteiger partial charge is 0.104 e. The van der Waals surface area contributed by atoms with Crippen LogP contribution in [0.25, 0.3) is 0 Å². The van der Waals surface area contributed by atoms with Crippen molar-refractivity contribution >= 4 is 0 Å². The number of piperidine rings is 1. The Kier molecular flexibility index (Phi) is 6.82. The third-order valence-electron chi connectivity index (χ3n) is 4.20. The van der Waals surface area contributed by atoms with Crippen LogP contribution >= 0.6 is 0 Å². The Labute approximate surface area is 119 Å². The monoisotopic (exact) mass is 265 g/mol. The van der Waals surface area contributed by atoms with Crippen molar-refractivity contribution in [2.75, 3.05) is 13.1 Å². The van der Waals surface area contributed by atoms with Crippen molar-refractivity contribution in [3.8, 4) is 6.07 Å².